The number of hydrogen-bond donors (Lipinski definition) is 1. The first-order valence-corrected chi connectivity index (χ1v) is 14.2. The van der Waals surface area contributed by atoms with Crippen LogP contribution in [0.15, 0.2) is 0 Å². The third-order valence-corrected chi connectivity index (χ3v) is 7.91. The largest absolute Gasteiger partial charge is 0.345 e. The monoisotopic (exact) mass is 444 g/mol. The smallest absolute Gasteiger partial charge is 0.236 e. The highest BCUT2D eigenvalue weighted by molar-refractivity contribution is 8.77. The summed E-state index contributed by atoms with van der Waals surface area (Å²) in [5, 5.41) is 3.19. The molecule has 1 amide bonds. The third kappa shape index (κ3) is 17.9. The third-order valence-electron chi connectivity index (χ3n) is 3.25. The average Bonchev–Trinajstić information content (AvgIpc) is 2.62. The molecule has 0 aliphatic heterocycles. The van der Waals surface area contributed by atoms with Gasteiger partial charge >= 0.3 is 0 Å². The van der Waals surface area contributed by atoms with Gasteiger partial charge in [-0.1, -0.05) is 77.8 Å². The Labute approximate surface area is 178 Å². The first kappa shape index (κ1) is 31.2. The Bertz CT molecular complexity index is 330. The summed E-state index contributed by atoms with van der Waals surface area (Å²) >= 11 is 0. The molecule has 26 heavy (non-hydrogen) atoms. The normalized spacial score (nSPS) is 12.5. The maximum atomic E-state index is 11.8. The average molecular weight is 445 g/mol. The van der Waals surface area contributed by atoms with E-state index in [-0.39, 0.29) is 16.4 Å². The summed E-state index contributed by atoms with van der Waals surface area (Å²) in [4.78, 5) is 23.9. The molecule has 2 unspecified atom stereocenters. The van der Waals surface area contributed by atoms with Gasteiger partial charge in [0.25, 0.3) is 0 Å². The lowest BCUT2D eigenvalue weighted by Gasteiger charge is -2.23. The Morgan fingerprint density at radius 3 is 1.69 bits per heavy atom. The maximum absolute atomic E-state index is 11.8. The zero-order valence-electron chi connectivity index (χ0n) is 18.2. The van der Waals surface area contributed by atoms with E-state index in [1.165, 1.54) is 0 Å². The van der Waals surface area contributed by atoms with Gasteiger partial charge in [0.05, 0.1) is 10.5 Å². The SMILES string of the molecule is CCN(C)C(=O)C(SSC)C(C)C.CCNC.CSSC(C=O)C(C)C. The molecule has 0 rings (SSSR count). The number of carbonyl (C=O) groups is 2. The quantitative estimate of drug-likeness (QED) is 0.378. The van der Waals surface area contributed by atoms with E-state index in [0.29, 0.717) is 11.8 Å². The van der Waals surface area contributed by atoms with Gasteiger partial charge < -0.3 is 15.0 Å². The van der Waals surface area contributed by atoms with Crippen molar-refractivity contribution >= 4 is 55.4 Å². The fraction of sp³-hybridized carbons (Fsp3) is 0.889. The topological polar surface area (TPSA) is 49.4 Å². The number of nitrogens with one attached hydrogen (secondary N) is 1. The Balaban J connectivity index is -0.000000352. The number of carbonyl (C=O) groups excluding carboxylic acids is 2. The molecule has 0 aromatic rings. The molecule has 0 heterocycles. The van der Waals surface area contributed by atoms with Gasteiger partial charge in [0.2, 0.25) is 5.91 Å². The molecule has 0 saturated carbocycles. The van der Waals surface area contributed by atoms with Crippen LogP contribution in [0.2, 0.25) is 0 Å². The molecular formula is C18H40N2O2S4. The molecule has 0 aliphatic carbocycles. The molecule has 0 bridgehead atoms. The van der Waals surface area contributed by atoms with Crippen LogP contribution in [0.3, 0.4) is 0 Å². The van der Waals surface area contributed by atoms with E-state index in [1.807, 2.05) is 33.5 Å². The minimum atomic E-state index is 0.0972. The lowest BCUT2D eigenvalue weighted by atomic mass is 10.1. The summed E-state index contributed by atoms with van der Waals surface area (Å²) < 4.78 is 0. The van der Waals surface area contributed by atoms with Crippen molar-refractivity contribution in [2.75, 3.05) is 39.7 Å². The van der Waals surface area contributed by atoms with Crippen molar-refractivity contribution < 1.29 is 9.59 Å². The van der Waals surface area contributed by atoms with E-state index in [1.54, 1.807) is 48.1 Å². The molecule has 1 N–H and O–H groups in total. The molecule has 0 saturated heterocycles. The van der Waals surface area contributed by atoms with Gasteiger partial charge in [-0.25, -0.2) is 0 Å². The highest BCUT2D eigenvalue weighted by Gasteiger charge is 2.24. The number of amides is 1. The van der Waals surface area contributed by atoms with Gasteiger partial charge in [0.1, 0.15) is 6.29 Å². The van der Waals surface area contributed by atoms with E-state index in [0.717, 1.165) is 19.4 Å². The predicted molar refractivity (Wildman–Crippen MR) is 128 cm³/mol. The minimum absolute atomic E-state index is 0.0972. The van der Waals surface area contributed by atoms with E-state index < -0.39 is 0 Å². The number of aldehydes is 1. The second-order valence-corrected chi connectivity index (χ2v) is 11.4. The van der Waals surface area contributed by atoms with E-state index in [9.17, 15) is 9.59 Å². The molecule has 0 fully saturated rings. The van der Waals surface area contributed by atoms with Crippen LogP contribution >= 0.6 is 43.2 Å². The molecule has 0 aromatic carbocycles. The zero-order valence-corrected chi connectivity index (χ0v) is 21.5. The first-order valence-electron chi connectivity index (χ1n) is 8.91. The Kier molecular flexibility index (Phi) is 26.2. The summed E-state index contributed by atoms with van der Waals surface area (Å²) in [6.07, 6.45) is 5.02. The van der Waals surface area contributed by atoms with Crippen molar-refractivity contribution in [1.29, 1.82) is 0 Å². The van der Waals surface area contributed by atoms with Gasteiger partial charge in [0, 0.05) is 13.6 Å². The molecule has 2 atom stereocenters. The molecule has 8 heteroatoms. The van der Waals surface area contributed by atoms with Crippen molar-refractivity contribution in [2.24, 2.45) is 11.8 Å². The van der Waals surface area contributed by atoms with E-state index in [2.05, 4.69) is 39.9 Å². The van der Waals surface area contributed by atoms with Gasteiger partial charge in [-0.05, 0) is 44.9 Å². The van der Waals surface area contributed by atoms with Gasteiger partial charge in [-0.3, -0.25) is 4.79 Å². The maximum Gasteiger partial charge on any atom is 0.236 e. The molecule has 0 radical (unpaired) electrons. The van der Waals surface area contributed by atoms with Crippen LogP contribution in [0.5, 0.6) is 0 Å². The summed E-state index contributed by atoms with van der Waals surface area (Å²) in [5.41, 5.74) is 0. The Hall–Kier alpha value is 0.500. The van der Waals surface area contributed by atoms with Crippen molar-refractivity contribution in [3.05, 3.63) is 0 Å². The first-order chi connectivity index (χ1) is 12.2. The van der Waals surface area contributed by atoms with Crippen molar-refractivity contribution in [3.8, 4) is 0 Å². The molecule has 4 nitrogen and oxygen atoms in total. The molecule has 0 spiro atoms. The highest BCUT2D eigenvalue weighted by atomic mass is 33.1. The summed E-state index contributed by atoms with van der Waals surface area (Å²) in [6.45, 7) is 14.2. The van der Waals surface area contributed by atoms with Crippen LogP contribution in [0.1, 0.15) is 41.5 Å². The second-order valence-electron chi connectivity index (χ2n) is 6.09. The van der Waals surface area contributed by atoms with Crippen molar-refractivity contribution in [3.63, 3.8) is 0 Å². The number of rotatable bonds is 10. The highest BCUT2D eigenvalue weighted by Crippen LogP contribution is 2.30. The van der Waals surface area contributed by atoms with Crippen molar-refractivity contribution in [1.82, 2.24) is 10.2 Å². The van der Waals surface area contributed by atoms with Crippen molar-refractivity contribution in [2.45, 2.75) is 52.0 Å². The Morgan fingerprint density at radius 2 is 1.50 bits per heavy atom. The minimum Gasteiger partial charge on any atom is -0.345 e. The fourth-order valence-electron chi connectivity index (χ4n) is 1.32. The molecule has 158 valence electrons. The van der Waals surface area contributed by atoms with Crippen LogP contribution in [0.25, 0.3) is 0 Å². The van der Waals surface area contributed by atoms with Gasteiger partial charge in [-0.15, -0.1) is 0 Å². The summed E-state index contributed by atoms with van der Waals surface area (Å²) in [5.74, 6) is 1.11. The number of hydrogen-bond acceptors (Lipinski definition) is 7. The lowest BCUT2D eigenvalue weighted by Crippen LogP contribution is -2.36. The van der Waals surface area contributed by atoms with E-state index >= 15 is 0 Å². The molecular weight excluding hydrogens is 404 g/mol. The molecule has 0 aliphatic rings. The van der Waals surface area contributed by atoms with Crippen LogP contribution in [0, 0.1) is 11.8 Å². The number of nitrogens with zero attached hydrogens (tertiary/aromatic N) is 1. The summed E-state index contributed by atoms with van der Waals surface area (Å²) in [6, 6.07) is 0. The van der Waals surface area contributed by atoms with Gasteiger partial charge in [-0.2, -0.15) is 0 Å². The Morgan fingerprint density at radius 1 is 1.04 bits per heavy atom. The van der Waals surface area contributed by atoms with Gasteiger partial charge in [0.15, 0.2) is 0 Å². The van der Waals surface area contributed by atoms with Crippen LogP contribution in [0.4, 0.5) is 0 Å². The zero-order chi connectivity index (χ0) is 21.1. The predicted octanol–water partition coefficient (Wildman–Crippen LogP) is 4.95. The van der Waals surface area contributed by atoms with Crippen LogP contribution in [-0.4, -0.2) is 67.3 Å². The second kappa shape index (κ2) is 21.8. The summed E-state index contributed by atoms with van der Waals surface area (Å²) in [7, 11) is 10.4. The molecule has 0 aromatic heterocycles. The van der Waals surface area contributed by atoms with Crippen LogP contribution in [-0.2, 0) is 9.59 Å². The standard InChI is InChI=1S/C9H19NOS2.C6H12OS2.C3H9N/c1-6-10(4)9(11)8(7(2)3)13-12-5;1-5(2)6(4-7)9-8-3;1-3-4-2/h7-8H,6H2,1-5H3;4-6H,1-3H3;4H,3H2,1-2H3. The fourth-order valence-corrected chi connectivity index (χ4v) is 5.50. The lowest BCUT2D eigenvalue weighted by molar-refractivity contribution is -0.129. The van der Waals surface area contributed by atoms with Crippen LogP contribution < -0.4 is 5.32 Å². The van der Waals surface area contributed by atoms with E-state index in [4.69, 9.17) is 0 Å².